The quantitative estimate of drug-likeness (QED) is 0.754. The molecule has 0 radical (unpaired) electrons. The number of esters is 1. The summed E-state index contributed by atoms with van der Waals surface area (Å²) in [7, 11) is 0. The van der Waals surface area contributed by atoms with Crippen molar-refractivity contribution in [2.75, 3.05) is 0 Å². The van der Waals surface area contributed by atoms with Gasteiger partial charge in [-0.05, 0) is 38.3 Å². The van der Waals surface area contributed by atoms with Gasteiger partial charge in [0, 0.05) is 0 Å². The van der Waals surface area contributed by atoms with E-state index in [-0.39, 0.29) is 11.9 Å². The van der Waals surface area contributed by atoms with Crippen LogP contribution in [0.1, 0.15) is 38.8 Å². The van der Waals surface area contributed by atoms with Gasteiger partial charge in [-0.25, -0.2) is 0 Å². The first kappa shape index (κ1) is 14.5. The first-order valence-corrected chi connectivity index (χ1v) is 6.26. The van der Waals surface area contributed by atoms with Crippen LogP contribution in [-0.2, 0) is 16.0 Å². The molecule has 0 saturated heterocycles. The van der Waals surface area contributed by atoms with Gasteiger partial charge in [0.05, 0.1) is 5.92 Å². The zero-order chi connectivity index (χ0) is 13.8. The van der Waals surface area contributed by atoms with Crippen LogP contribution in [0.15, 0.2) is 30.8 Å². The van der Waals surface area contributed by atoms with E-state index in [9.17, 15) is 4.79 Å². The van der Waals surface area contributed by atoms with E-state index >= 15 is 0 Å². The highest BCUT2D eigenvalue weighted by Crippen LogP contribution is 2.16. The number of rotatable bonds is 4. The van der Waals surface area contributed by atoms with E-state index in [0.717, 1.165) is 11.1 Å². The number of carbonyl (C=O) groups excluding carboxylic acids is 1. The fourth-order valence-corrected chi connectivity index (χ4v) is 1.69. The molecule has 18 heavy (non-hydrogen) atoms. The van der Waals surface area contributed by atoms with Crippen LogP contribution in [0.2, 0.25) is 0 Å². The van der Waals surface area contributed by atoms with Crippen molar-refractivity contribution in [2.24, 2.45) is 5.92 Å². The van der Waals surface area contributed by atoms with Crippen LogP contribution < -0.4 is 0 Å². The van der Waals surface area contributed by atoms with Crippen molar-refractivity contribution < 1.29 is 9.53 Å². The molecule has 1 aromatic rings. The van der Waals surface area contributed by atoms with Gasteiger partial charge in [-0.3, -0.25) is 4.79 Å². The average Bonchev–Trinajstić information content (AvgIpc) is 2.27. The van der Waals surface area contributed by atoms with Gasteiger partial charge in [-0.15, -0.1) is 0 Å². The Bertz CT molecular complexity index is 427. The Morgan fingerprint density at radius 2 is 2.11 bits per heavy atom. The van der Waals surface area contributed by atoms with Crippen molar-refractivity contribution in [3.05, 3.63) is 42.0 Å². The monoisotopic (exact) mass is 246 g/mol. The summed E-state index contributed by atoms with van der Waals surface area (Å²) in [6.45, 7) is 11.3. The minimum absolute atomic E-state index is 0.135. The molecule has 0 unspecified atom stereocenters. The number of hydrogen-bond donors (Lipinski definition) is 0. The molecule has 0 aliphatic carbocycles. The van der Waals surface area contributed by atoms with E-state index in [1.54, 1.807) is 0 Å². The molecular weight excluding hydrogens is 224 g/mol. The van der Waals surface area contributed by atoms with Gasteiger partial charge in [0.25, 0.3) is 0 Å². The van der Waals surface area contributed by atoms with Gasteiger partial charge in [-0.1, -0.05) is 43.8 Å². The lowest BCUT2D eigenvalue weighted by atomic mass is 9.99. The van der Waals surface area contributed by atoms with E-state index in [1.165, 1.54) is 0 Å². The summed E-state index contributed by atoms with van der Waals surface area (Å²) in [5.74, 6) is -0.282. The molecule has 2 heteroatoms. The molecule has 0 aliphatic rings. The molecule has 0 N–H and O–H groups in total. The summed E-state index contributed by atoms with van der Waals surface area (Å²) in [6.07, 6.45) is 2.50. The summed E-state index contributed by atoms with van der Waals surface area (Å²) >= 11 is 0. The third-order valence-electron chi connectivity index (χ3n) is 2.54. The second-order valence-electron chi connectivity index (χ2n) is 5.59. The van der Waals surface area contributed by atoms with Gasteiger partial charge in [0.2, 0.25) is 0 Å². The first-order valence-electron chi connectivity index (χ1n) is 6.26. The Labute approximate surface area is 110 Å². The molecule has 0 aromatic heterocycles. The highest BCUT2D eigenvalue weighted by atomic mass is 16.6. The molecule has 1 aromatic carbocycles. The van der Waals surface area contributed by atoms with Crippen molar-refractivity contribution >= 4 is 12.0 Å². The Morgan fingerprint density at radius 3 is 2.67 bits per heavy atom. The lowest BCUT2D eigenvalue weighted by molar-refractivity contribution is -0.159. The average molecular weight is 246 g/mol. The standard InChI is InChI=1S/C16H22O2/c1-6-13-8-7-9-14(11-13)10-12(2)15(17)18-16(3,4)5/h6-9,11-12H,1,10H2,2-5H3/t12-/m1/s1. The predicted octanol–water partition coefficient (Wildman–Crippen LogP) is 3.85. The SMILES string of the molecule is C=Cc1cccc(C[C@@H](C)C(=O)OC(C)(C)C)c1. The molecule has 2 nitrogen and oxygen atoms in total. The summed E-state index contributed by atoms with van der Waals surface area (Å²) in [5.41, 5.74) is 1.78. The van der Waals surface area contributed by atoms with E-state index in [2.05, 4.69) is 6.58 Å². The third kappa shape index (κ3) is 4.74. The summed E-state index contributed by atoms with van der Waals surface area (Å²) in [6, 6.07) is 8.05. The van der Waals surface area contributed by atoms with Gasteiger partial charge in [0.1, 0.15) is 5.60 Å². The third-order valence-corrected chi connectivity index (χ3v) is 2.54. The fraction of sp³-hybridized carbons (Fsp3) is 0.438. The van der Waals surface area contributed by atoms with Crippen LogP contribution in [-0.4, -0.2) is 11.6 Å². The Balaban J connectivity index is 2.66. The molecule has 1 rings (SSSR count). The molecule has 0 heterocycles. The van der Waals surface area contributed by atoms with Crippen LogP contribution >= 0.6 is 0 Å². The Kier molecular flexibility index (Phi) is 4.71. The molecule has 1 atom stereocenters. The number of benzene rings is 1. The molecule has 0 aliphatic heterocycles. The zero-order valence-electron chi connectivity index (χ0n) is 11.7. The molecule has 0 bridgehead atoms. The Morgan fingerprint density at radius 1 is 1.44 bits per heavy atom. The highest BCUT2D eigenvalue weighted by Gasteiger charge is 2.21. The first-order chi connectivity index (χ1) is 8.31. The molecule has 0 fully saturated rings. The summed E-state index contributed by atoms with van der Waals surface area (Å²) in [4.78, 5) is 11.9. The van der Waals surface area contributed by atoms with Crippen molar-refractivity contribution in [1.82, 2.24) is 0 Å². The van der Waals surface area contributed by atoms with Crippen LogP contribution in [0, 0.1) is 5.92 Å². The van der Waals surface area contributed by atoms with Crippen molar-refractivity contribution in [3.8, 4) is 0 Å². The van der Waals surface area contributed by atoms with Crippen LogP contribution in [0.25, 0.3) is 6.08 Å². The maximum absolute atomic E-state index is 11.9. The maximum Gasteiger partial charge on any atom is 0.309 e. The van der Waals surface area contributed by atoms with Crippen LogP contribution in [0.3, 0.4) is 0 Å². The highest BCUT2D eigenvalue weighted by molar-refractivity contribution is 5.72. The van der Waals surface area contributed by atoms with Crippen molar-refractivity contribution in [1.29, 1.82) is 0 Å². The predicted molar refractivity (Wildman–Crippen MR) is 75.2 cm³/mol. The minimum atomic E-state index is -0.422. The van der Waals surface area contributed by atoms with Crippen molar-refractivity contribution in [3.63, 3.8) is 0 Å². The molecule has 0 amide bonds. The zero-order valence-corrected chi connectivity index (χ0v) is 11.7. The molecule has 0 spiro atoms. The summed E-state index contributed by atoms with van der Waals surface area (Å²) in [5, 5.41) is 0. The topological polar surface area (TPSA) is 26.3 Å². The van der Waals surface area contributed by atoms with Gasteiger partial charge in [-0.2, -0.15) is 0 Å². The molecular formula is C16H22O2. The van der Waals surface area contributed by atoms with Crippen LogP contribution in [0.5, 0.6) is 0 Å². The van der Waals surface area contributed by atoms with Crippen molar-refractivity contribution in [2.45, 2.75) is 39.7 Å². The summed E-state index contributed by atoms with van der Waals surface area (Å²) < 4.78 is 5.37. The Hall–Kier alpha value is -1.57. The lowest BCUT2D eigenvalue weighted by Gasteiger charge is -2.22. The fourth-order valence-electron chi connectivity index (χ4n) is 1.69. The van der Waals surface area contributed by atoms with Gasteiger partial charge in [0.15, 0.2) is 0 Å². The maximum atomic E-state index is 11.9. The smallest absolute Gasteiger partial charge is 0.309 e. The van der Waals surface area contributed by atoms with Gasteiger partial charge < -0.3 is 4.74 Å². The normalized spacial score (nSPS) is 12.9. The van der Waals surface area contributed by atoms with E-state index in [0.29, 0.717) is 6.42 Å². The molecule has 0 saturated carbocycles. The number of hydrogen-bond acceptors (Lipinski definition) is 2. The second kappa shape index (κ2) is 5.85. The van der Waals surface area contributed by atoms with E-state index in [4.69, 9.17) is 4.74 Å². The van der Waals surface area contributed by atoms with E-state index in [1.807, 2.05) is 58.0 Å². The lowest BCUT2D eigenvalue weighted by Crippen LogP contribution is -2.28. The molecule has 98 valence electrons. The largest absolute Gasteiger partial charge is 0.460 e. The number of carbonyl (C=O) groups is 1. The second-order valence-corrected chi connectivity index (χ2v) is 5.59. The van der Waals surface area contributed by atoms with E-state index < -0.39 is 5.60 Å². The van der Waals surface area contributed by atoms with Gasteiger partial charge >= 0.3 is 5.97 Å². The minimum Gasteiger partial charge on any atom is -0.460 e. The van der Waals surface area contributed by atoms with Crippen LogP contribution in [0.4, 0.5) is 0 Å². The number of ether oxygens (including phenoxy) is 1.